The molecule has 0 aromatic rings. The van der Waals surface area contributed by atoms with Gasteiger partial charge in [-0.2, -0.15) is 5.10 Å². The molecule has 0 rings (SSSR count). The number of urea groups is 1. The second kappa shape index (κ2) is 8.86. The molecule has 1 atom stereocenters. The molecule has 1 unspecified atom stereocenters. The first-order valence-corrected chi connectivity index (χ1v) is 5.48. The van der Waals surface area contributed by atoms with Crippen LogP contribution in [0.5, 0.6) is 0 Å². The van der Waals surface area contributed by atoms with E-state index in [4.69, 9.17) is 10.5 Å². The highest BCUT2D eigenvalue weighted by atomic mass is 16.5. The molecule has 0 saturated heterocycles. The summed E-state index contributed by atoms with van der Waals surface area (Å²) in [5, 5.41) is 6.20. The van der Waals surface area contributed by atoms with E-state index in [1.807, 2.05) is 5.43 Å². The van der Waals surface area contributed by atoms with Gasteiger partial charge in [0.05, 0.1) is 26.0 Å². The summed E-state index contributed by atoms with van der Waals surface area (Å²) >= 11 is 0. The lowest BCUT2D eigenvalue weighted by atomic mass is 10.2. The van der Waals surface area contributed by atoms with Crippen LogP contribution in [0.3, 0.4) is 0 Å². The summed E-state index contributed by atoms with van der Waals surface area (Å²) in [4.78, 5) is 33.2. The first-order valence-electron chi connectivity index (χ1n) is 5.48. The van der Waals surface area contributed by atoms with Gasteiger partial charge >= 0.3 is 18.0 Å². The molecule has 2 amide bonds. The normalized spacial score (nSPS) is 12.5. The Balaban J connectivity index is 4.63. The molecule has 0 saturated carbocycles. The third kappa shape index (κ3) is 6.99. The number of rotatable bonds is 7. The van der Waals surface area contributed by atoms with E-state index in [0.29, 0.717) is 0 Å². The maximum Gasteiger partial charge on any atom is 0.332 e. The highest BCUT2D eigenvalue weighted by Gasteiger charge is 2.23. The fraction of sp³-hybridized carbons (Fsp3) is 0.600. The average Bonchev–Trinajstić information content (AvgIpc) is 2.36. The minimum atomic E-state index is -0.985. The Hall–Kier alpha value is -2.16. The lowest BCUT2D eigenvalue weighted by molar-refractivity contribution is -0.143. The topological polar surface area (TPSA) is 132 Å². The molecule has 0 aromatic carbocycles. The van der Waals surface area contributed by atoms with Gasteiger partial charge in [0.25, 0.3) is 0 Å². The largest absolute Gasteiger partial charge is 0.468 e. The van der Waals surface area contributed by atoms with Gasteiger partial charge in [-0.3, -0.25) is 10.1 Å². The molecule has 0 aliphatic rings. The van der Waals surface area contributed by atoms with Gasteiger partial charge in [-0.1, -0.05) is 0 Å². The van der Waals surface area contributed by atoms with E-state index in [2.05, 4.69) is 15.2 Å². The van der Waals surface area contributed by atoms with Crippen molar-refractivity contribution in [3.8, 4) is 0 Å². The second-order valence-electron chi connectivity index (χ2n) is 3.37. The van der Waals surface area contributed by atoms with Crippen LogP contribution in [0.1, 0.15) is 13.8 Å². The molecule has 0 bridgehead atoms. The van der Waals surface area contributed by atoms with E-state index in [1.165, 1.54) is 14.0 Å². The molecule has 19 heavy (non-hydrogen) atoms. The Bertz CT molecular complexity index is 369. The van der Waals surface area contributed by atoms with E-state index < -0.39 is 24.0 Å². The van der Waals surface area contributed by atoms with Crippen molar-refractivity contribution in [2.45, 2.75) is 19.9 Å². The number of hydrogen-bond acceptors (Lipinski definition) is 7. The molecule has 9 heteroatoms. The maximum absolute atomic E-state index is 11.5. The van der Waals surface area contributed by atoms with Gasteiger partial charge in [-0.15, -0.1) is 0 Å². The van der Waals surface area contributed by atoms with Crippen molar-refractivity contribution in [2.24, 2.45) is 10.8 Å². The monoisotopic (exact) mass is 274 g/mol. The van der Waals surface area contributed by atoms with Gasteiger partial charge < -0.3 is 15.2 Å². The van der Waals surface area contributed by atoms with Gasteiger partial charge in [0.15, 0.2) is 0 Å². The van der Waals surface area contributed by atoms with Gasteiger partial charge in [0.1, 0.15) is 6.04 Å². The zero-order chi connectivity index (χ0) is 14.8. The number of ether oxygens (including phenoxy) is 2. The number of methoxy groups -OCH3 is 1. The van der Waals surface area contributed by atoms with Crippen LogP contribution in [-0.4, -0.2) is 50.0 Å². The summed E-state index contributed by atoms with van der Waals surface area (Å²) in [5.41, 5.74) is 7.01. The van der Waals surface area contributed by atoms with E-state index in [0.717, 1.165) is 0 Å². The Labute approximate surface area is 110 Å². The number of hydrogen-bond donors (Lipinski definition) is 3. The van der Waals surface area contributed by atoms with Crippen molar-refractivity contribution in [1.82, 2.24) is 10.7 Å². The molecule has 0 heterocycles. The van der Waals surface area contributed by atoms with Gasteiger partial charge in [-0.05, 0) is 13.8 Å². The predicted molar refractivity (Wildman–Crippen MR) is 66.3 cm³/mol. The molecule has 0 aliphatic carbocycles. The van der Waals surface area contributed by atoms with Crippen LogP contribution in [0.2, 0.25) is 0 Å². The number of amides is 2. The van der Waals surface area contributed by atoms with Crippen molar-refractivity contribution < 1.29 is 23.9 Å². The molecule has 9 nitrogen and oxygen atoms in total. The van der Waals surface area contributed by atoms with Crippen molar-refractivity contribution in [2.75, 3.05) is 20.3 Å². The molecule has 0 radical (unpaired) electrons. The number of carbonyl (C=O) groups excluding carboxylic acids is 3. The van der Waals surface area contributed by atoms with E-state index >= 15 is 0 Å². The summed E-state index contributed by atoms with van der Waals surface area (Å²) in [6.45, 7) is 3.17. The number of nitrogens with two attached hydrogens (primary N) is 1. The Morgan fingerprint density at radius 1 is 1.37 bits per heavy atom. The summed E-state index contributed by atoms with van der Waals surface area (Å²) in [6, 6.07) is -1.85. The summed E-state index contributed by atoms with van der Waals surface area (Å²) in [6.07, 6.45) is 0. The fourth-order valence-corrected chi connectivity index (χ4v) is 1.12. The number of esters is 2. The molecule has 0 fully saturated rings. The molecular formula is C10H18N4O5. The quantitative estimate of drug-likeness (QED) is 0.301. The first-order chi connectivity index (χ1) is 8.92. The van der Waals surface area contributed by atoms with Crippen LogP contribution in [0.4, 0.5) is 4.79 Å². The summed E-state index contributed by atoms with van der Waals surface area (Å²) in [7, 11) is 1.19. The molecule has 108 valence electrons. The first kappa shape index (κ1) is 16.8. The van der Waals surface area contributed by atoms with Crippen LogP contribution < -0.4 is 16.5 Å². The van der Waals surface area contributed by atoms with E-state index in [1.54, 1.807) is 6.92 Å². The number of nitrogens with zero attached hydrogens (tertiary/aromatic N) is 1. The molecule has 0 aromatic heterocycles. The minimum absolute atomic E-state index is 0.190. The molecule has 0 spiro atoms. The highest BCUT2D eigenvalue weighted by Crippen LogP contribution is 1.93. The standard InChI is InChI=1S/C10H18N4O5/c1-4-19-7(15)5-12-8(9(16)18-3)6(2)13-14-10(11)17/h8,12H,4-5H2,1-3H3,(H3,11,14,17)/b13-6+. The van der Waals surface area contributed by atoms with Crippen molar-refractivity contribution in [1.29, 1.82) is 0 Å². The molecule has 4 N–H and O–H groups in total. The van der Waals surface area contributed by atoms with Crippen LogP contribution in [0.15, 0.2) is 5.10 Å². The van der Waals surface area contributed by atoms with Crippen molar-refractivity contribution in [3.05, 3.63) is 0 Å². The van der Waals surface area contributed by atoms with E-state index in [9.17, 15) is 14.4 Å². The van der Waals surface area contributed by atoms with E-state index in [-0.39, 0.29) is 18.9 Å². The Morgan fingerprint density at radius 3 is 2.47 bits per heavy atom. The highest BCUT2D eigenvalue weighted by molar-refractivity contribution is 6.05. The second-order valence-corrected chi connectivity index (χ2v) is 3.37. The zero-order valence-corrected chi connectivity index (χ0v) is 11.1. The number of hydrazone groups is 1. The Morgan fingerprint density at radius 2 is 2.00 bits per heavy atom. The number of nitrogens with one attached hydrogen (secondary N) is 2. The minimum Gasteiger partial charge on any atom is -0.468 e. The summed E-state index contributed by atoms with van der Waals surface area (Å²) < 4.78 is 9.25. The van der Waals surface area contributed by atoms with Crippen LogP contribution in [0, 0.1) is 0 Å². The SMILES string of the molecule is CCOC(=O)CNC(C(=O)OC)/C(C)=N/NC(N)=O. The lowest BCUT2D eigenvalue weighted by Gasteiger charge is -2.15. The van der Waals surface area contributed by atoms with Crippen molar-refractivity contribution >= 4 is 23.7 Å². The third-order valence-electron chi connectivity index (χ3n) is 1.95. The van der Waals surface area contributed by atoms with Crippen LogP contribution >= 0.6 is 0 Å². The average molecular weight is 274 g/mol. The number of carbonyl (C=O) groups is 3. The van der Waals surface area contributed by atoms with Crippen molar-refractivity contribution in [3.63, 3.8) is 0 Å². The lowest BCUT2D eigenvalue weighted by Crippen LogP contribution is -2.46. The summed E-state index contributed by atoms with van der Waals surface area (Å²) in [5.74, 6) is -1.18. The smallest absolute Gasteiger partial charge is 0.332 e. The van der Waals surface area contributed by atoms with Gasteiger partial charge in [-0.25, -0.2) is 15.0 Å². The number of primary amides is 1. The maximum atomic E-state index is 11.5. The molecule has 0 aliphatic heterocycles. The van der Waals surface area contributed by atoms with Gasteiger partial charge in [0.2, 0.25) is 0 Å². The van der Waals surface area contributed by atoms with Crippen LogP contribution in [0.25, 0.3) is 0 Å². The molecular weight excluding hydrogens is 256 g/mol. The Kier molecular flexibility index (Phi) is 7.85. The van der Waals surface area contributed by atoms with Crippen LogP contribution in [-0.2, 0) is 19.1 Å². The zero-order valence-electron chi connectivity index (χ0n) is 11.1. The van der Waals surface area contributed by atoms with Gasteiger partial charge in [0, 0.05) is 0 Å². The fourth-order valence-electron chi connectivity index (χ4n) is 1.12. The predicted octanol–water partition coefficient (Wildman–Crippen LogP) is -1.28. The third-order valence-corrected chi connectivity index (χ3v) is 1.95.